The first-order valence-electron chi connectivity index (χ1n) is 6.69. The fourth-order valence-corrected chi connectivity index (χ4v) is 3.01. The molecule has 0 fully saturated rings. The first kappa shape index (κ1) is 15.7. The van der Waals surface area contributed by atoms with E-state index in [2.05, 4.69) is 10.4 Å². The molecule has 1 amide bonds. The molecule has 0 aliphatic heterocycles. The van der Waals surface area contributed by atoms with E-state index in [1.165, 1.54) is 0 Å². The first-order valence-corrected chi connectivity index (χ1v) is 7.51. The molecule has 7 heteroatoms. The standard InChI is InChI=1S/C14H19N3O3S/c1-9(8-18)6-17(16-14(19)20)7-11-3-4-12-13(5-11)21-10(2)15-12/h3-5,9,16,18H,6-8H2,1-2H3,(H,19,20). The summed E-state index contributed by atoms with van der Waals surface area (Å²) in [6.45, 7) is 4.74. The van der Waals surface area contributed by atoms with Gasteiger partial charge in [-0.25, -0.2) is 14.8 Å². The smallest absolute Gasteiger partial charge is 0.419 e. The van der Waals surface area contributed by atoms with Gasteiger partial charge < -0.3 is 10.2 Å². The molecule has 21 heavy (non-hydrogen) atoms. The maximum absolute atomic E-state index is 10.9. The zero-order valence-corrected chi connectivity index (χ0v) is 12.9. The summed E-state index contributed by atoms with van der Waals surface area (Å²) in [7, 11) is 0. The third-order valence-electron chi connectivity index (χ3n) is 3.03. The van der Waals surface area contributed by atoms with E-state index in [1.807, 2.05) is 32.0 Å². The maximum atomic E-state index is 10.9. The molecule has 0 bridgehead atoms. The number of aryl methyl sites for hydroxylation is 1. The summed E-state index contributed by atoms with van der Waals surface area (Å²) in [5, 5.41) is 20.6. The van der Waals surface area contributed by atoms with Crippen molar-refractivity contribution in [2.75, 3.05) is 13.2 Å². The molecule has 0 aliphatic rings. The average molecular weight is 309 g/mol. The molecule has 0 aliphatic carbocycles. The van der Waals surface area contributed by atoms with Crippen LogP contribution in [0.4, 0.5) is 4.79 Å². The highest BCUT2D eigenvalue weighted by Crippen LogP contribution is 2.23. The number of carbonyl (C=O) groups is 1. The molecule has 1 atom stereocenters. The number of aromatic nitrogens is 1. The van der Waals surface area contributed by atoms with Crippen molar-refractivity contribution >= 4 is 27.6 Å². The second-order valence-electron chi connectivity index (χ2n) is 5.12. The van der Waals surface area contributed by atoms with E-state index in [1.54, 1.807) is 16.3 Å². The predicted molar refractivity (Wildman–Crippen MR) is 82.2 cm³/mol. The van der Waals surface area contributed by atoms with Crippen LogP contribution in [0.1, 0.15) is 17.5 Å². The number of thiazole rings is 1. The normalized spacial score (nSPS) is 12.8. The number of nitrogens with zero attached hydrogens (tertiary/aromatic N) is 2. The van der Waals surface area contributed by atoms with Crippen LogP contribution in [0.15, 0.2) is 18.2 Å². The number of aliphatic hydroxyl groups excluding tert-OH is 1. The van der Waals surface area contributed by atoms with Gasteiger partial charge in [-0.15, -0.1) is 11.3 Å². The predicted octanol–water partition coefficient (Wildman–Crippen LogP) is 2.22. The summed E-state index contributed by atoms with van der Waals surface area (Å²) in [5.74, 6) is -0.00812. The zero-order chi connectivity index (χ0) is 15.4. The van der Waals surface area contributed by atoms with Crippen LogP contribution in [-0.4, -0.2) is 39.5 Å². The van der Waals surface area contributed by atoms with Gasteiger partial charge in [0, 0.05) is 19.7 Å². The number of nitrogens with one attached hydrogen (secondary N) is 1. The molecular formula is C14H19N3O3S. The van der Waals surface area contributed by atoms with Crippen molar-refractivity contribution in [3.05, 3.63) is 28.8 Å². The van der Waals surface area contributed by atoms with Gasteiger partial charge in [-0.2, -0.15) is 0 Å². The summed E-state index contributed by atoms with van der Waals surface area (Å²) in [6.07, 6.45) is -1.10. The second-order valence-corrected chi connectivity index (χ2v) is 6.35. The number of hydrazine groups is 1. The highest BCUT2D eigenvalue weighted by Gasteiger charge is 2.13. The molecule has 3 N–H and O–H groups in total. The summed E-state index contributed by atoms with van der Waals surface area (Å²) in [6, 6.07) is 5.92. The van der Waals surface area contributed by atoms with Gasteiger partial charge in [0.1, 0.15) is 0 Å². The van der Waals surface area contributed by atoms with Crippen molar-refractivity contribution in [3.63, 3.8) is 0 Å². The van der Waals surface area contributed by atoms with Crippen LogP contribution in [-0.2, 0) is 6.54 Å². The molecule has 2 rings (SSSR count). The molecule has 1 heterocycles. The van der Waals surface area contributed by atoms with Gasteiger partial charge in [0.2, 0.25) is 0 Å². The van der Waals surface area contributed by atoms with Gasteiger partial charge in [-0.1, -0.05) is 13.0 Å². The molecule has 0 radical (unpaired) electrons. The second kappa shape index (κ2) is 6.84. The minimum Gasteiger partial charge on any atom is -0.464 e. The Balaban J connectivity index is 2.14. The van der Waals surface area contributed by atoms with E-state index in [9.17, 15) is 4.79 Å². The van der Waals surface area contributed by atoms with Gasteiger partial charge in [0.15, 0.2) is 0 Å². The Kier molecular flexibility index (Phi) is 5.11. The number of hydrogen-bond acceptors (Lipinski definition) is 5. The van der Waals surface area contributed by atoms with Crippen LogP contribution in [0.5, 0.6) is 0 Å². The molecule has 0 saturated carbocycles. The summed E-state index contributed by atoms with van der Waals surface area (Å²) < 4.78 is 1.09. The van der Waals surface area contributed by atoms with E-state index in [-0.39, 0.29) is 12.5 Å². The molecule has 114 valence electrons. The van der Waals surface area contributed by atoms with E-state index in [0.717, 1.165) is 20.8 Å². The fourth-order valence-electron chi connectivity index (χ4n) is 2.12. The van der Waals surface area contributed by atoms with E-state index in [4.69, 9.17) is 10.2 Å². The van der Waals surface area contributed by atoms with Crippen molar-refractivity contribution in [2.24, 2.45) is 5.92 Å². The van der Waals surface area contributed by atoms with Crippen LogP contribution in [0.3, 0.4) is 0 Å². The SMILES string of the molecule is Cc1nc2ccc(CN(CC(C)CO)NC(=O)O)cc2s1. The minimum atomic E-state index is -1.10. The van der Waals surface area contributed by atoms with Crippen LogP contribution >= 0.6 is 11.3 Å². The van der Waals surface area contributed by atoms with Gasteiger partial charge >= 0.3 is 6.09 Å². The van der Waals surface area contributed by atoms with Crippen molar-refractivity contribution in [3.8, 4) is 0 Å². The highest BCUT2D eigenvalue weighted by molar-refractivity contribution is 7.18. The Morgan fingerprint density at radius 2 is 2.29 bits per heavy atom. The lowest BCUT2D eigenvalue weighted by atomic mass is 10.1. The van der Waals surface area contributed by atoms with Crippen LogP contribution < -0.4 is 5.43 Å². The number of aliphatic hydroxyl groups is 1. The number of amides is 1. The van der Waals surface area contributed by atoms with Crippen molar-refractivity contribution in [2.45, 2.75) is 20.4 Å². The van der Waals surface area contributed by atoms with E-state index >= 15 is 0 Å². The monoisotopic (exact) mass is 309 g/mol. The van der Waals surface area contributed by atoms with Gasteiger partial charge in [-0.3, -0.25) is 5.43 Å². The molecule has 0 saturated heterocycles. The topological polar surface area (TPSA) is 85.7 Å². The third kappa shape index (κ3) is 4.38. The van der Waals surface area contributed by atoms with Crippen LogP contribution in [0.25, 0.3) is 10.2 Å². The molecule has 1 unspecified atom stereocenters. The zero-order valence-electron chi connectivity index (χ0n) is 12.0. The maximum Gasteiger partial charge on any atom is 0.419 e. The van der Waals surface area contributed by atoms with Gasteiger partial charge in [0.25, 0.3) is 0 Å². The number of rotatable bonds is 6. The summed E-state index contributed by atoms with van der Waals surface area (Å²) >= 11 is 1.62. The van der Waals surface area contributed by atoms with Crippen molar-refractivity contribution in [1.82, 2.24) is 15.4 Å². The van der Waals surface area contributed by atoms with E-state index < -0.39 is 6.09 Å². The fraction of sp³-hybridized carbons (Fsp3) is 0.429. The molecule has 0 spiro atoms. The minimum absolute atomic E-state index is 0.00812. The number of fused-ring (bicyclic) bond motifs is 1. The van der Waals surface area contributed by atoms with Gasteiger partial charge in [-0.05, 0) is 30.5 Å². The van der Waals surface area contributed by atoms with Crippen LogP contribution in [0, 0.1) is 12.8 Å². The molecule has 6 nitrogen and oxygen atoms in total. The summed E-state index contributed by atoms with van der Waals surface area (Å²) in [5.41, 5.74) is 4.34. The van der Waals surface area contributed by atoms with Crippen LogP contribution in [0.2, 0.25) is 0 Å². The Labute approximate surface area is 127 Å². The molecular weight excluding hydrogens is 290 g/mol. The quantitative estimate of drug-likeness (QED) is 0.712. The molecule has 1 aromatic heterocycles. The lowest BCUT2D eigenvalue weighted by molar-refractivity contribution is 0.108. The Bertz CT molecular complexity index is 629. The Morgan fingerprint density at radius 1 is 1.52 bits per heavy atom. The van der Waals surface area contributed by atoms with E-state index in [0.29, 0.717) is 13.1 Å². The Hall–Kier alpha value is -1.70. The number of hydrogen-bond donors (Lipinski definition) is 3. The third-order valence-corrected chi connectivity index (χ3v) is 3.96. The van der Waals surface area contributed by atoms with Gasteiger partial charge in [0.05, 0.1) is 15.2 Å². The molecule has 1 aromatic carbocycles. The number of benzene rings is 1. The lowest BCUT2D eigenvalue weighted by Crippen LogP contribution is -2.43. The van der Waals surface area contributed by atoms with Crippen molar-refractivity contribution < 1.29 is 15.0 Å². The van der Waals surface area contributed by atoms with Crippen molar-refractivity contribution in [1.29, 1.82) is 0 Å². The Morgan fingerprint density at radius 3 is 2.95 bits per heavy atom. The number of carboxylic acid groups (broad SMARTS) is 1. The highest BCUT2D eigenvalue weighted by atomic mass is 32.1. The lowest BCUT2D eigenvalue weighted by Gasteiger charge is -2.24. The first-order chi connectivity index (χ1) is 9.97. The summed E-state index contributed by atoms with van der Waals surface area (Å²) in [4.78, 5) is 15.3. The molecule has 2 aromatic rings. The largest absolute Gasteiger partial charge is 0.464 e. The average Bonchev–Trinajstić information content (AvgIpc) is 2.77.